The predicted molar refractivity (Wildman–Crippen MR) is 86.2 cm³/mol. The Labute approximate surface area is 122 Å². The van der Waals surface area contributed by atoms with Gasteiger partial charge in [-0.1, -0.05) is 50.4 Å². The molecule has 0 amide bonds. The molecule has 1 aromatic carbocycles. The van der Waals surface area contributed by atoms with Crippen molar-refractivity contribution >= 4 is 12.7 Å². The maximum atomic E-state index is 5.41. The van der Waals surface area contributed by atoms with Crippen molar-refractivity contribution in [2.45, 2.75) is 33.5 Å². The lowest BCUT2D eigenvalue weighted by molar-refractivity contribution is 0.393. The lowest BCUT2D eigenvalue weighted by Crippen LogP contribution is -2.17. The first-order valence-electron chi connectivity index (χ1n) is 7.20. The van der Waals surface area contributed by atoms with Gasteiger partial charge in [0.25, 0.3) is 0 Å². The number of hydrogen-bond donors (Lipinski definition) is 0. The Kier molecular flexibility index (Phi) is 4.83. The molecule has 0 N–H and O–H groups in total. The Bertz CT molecular complexity index is 596. The predicted octanol–water partition coefficient (Wildman–Crippen LogP) is 3.26. The third kappa shape index (κ3) is 2.72. The van der Waals surface area contributed by atoms with Gasteiger partial charge in [0, 0.05) is 11.1 Å². The molecule has 0 aliphatic heterocycles. The number of aryl methyl sites for hydroxylation is 1. The second-order valence-electron chi connectivity index (χ2n) is 4.73. The molecular formula is C17H21BNO. The zero-order chi connectivity index (χ0) is 14.5. The Morgan fingerprint density at radius 3 is 2.50 bits per heavy atom. The molecule has 0 fully saturated rings. The number of benzene rings is 1. The van der Waals surface area contributed by atoms with Gasteiger partial charge in [0.1, 0.15) is 7.28 Å². The molecule has 2 nitrogen and oxygen atoms in total. The normalized spacial score (nSPS) is 10.4. The van der Waals surface area contributed by atoms with Gasteiger partial charge in [0.05, 0.1) is 12.8 Å². The summed E-state index contributed by atoms with van der Waals surface area (Å²) in [7, 11) is 3.84. The molecule has 0 saturated heterocycles. The van der Waals surface area contributed by atoms with Gasteiger partial charge in [-0.25, -0.2) is 4.98 Å². The van der Waals surface area contributed by atoms with Crippen LogP contribution in [0.1, 0.15) is 25.0 Å². The molecule has 3 heteroatoms. The van der Waals surface area contributed by atoms with Crippen LogP contribution in [0.3, 0.4) is 0 Å². The van der Waals surface area contributed by atoms with E-state index in [0.29, 0.717) is 0 Å². The van der Waals surface area contributed by atoms with Gasteiger partial charge < -0.3 is 4.74 Å². The average Bonchev–Trinajstić information content (AvgIpc) is 2.53. The highest BCUT2D eigenvalue weighted by atomic mass is 16.5. The van der Waals surface area contributed by atoms with Crippen LogP contribution < -0.4 is 10.2 Å². The fraction of sp³-hybridized carbons (Fsp3) is 0.353. The first-order chi connectivity index (χ1) is 9.74. The highest BCUT2D eigenvalue weighted by molar-refractivity contribution is 6.52. The van der Waals surface area contributed by atoms with Crippen LogP contribution in [0.15, 0.2) is 30.3 Å². The summed E-state index contributed by atoms with van der Waals surface area (Å²) in [6.45, 7) is 6.37. The molecule has 0 unspecified atom stereocenters. The van der Waals surface area contributed by atoms with Crippen LogP contribution in [-0.4, -0.2) is 19.4 Å². The van der Waals surface area contributed by atoms with E-state index < -0.39 is 0 Å². The number of hydrogen-bond acceptors (Lipinski definition) is 2. The number of nitrogens with zero attached hydrogens (tertiary/aromatic N) is 1. The molecule has 1 aromatic heterocycles. The Balaban J connectivity index is 2.56. The number of ether oxygens (including phenoxy) is 1. The molecule has 20 heavy (non-hydrogen) atoms. The molecule has 0 saturated carbocycles. The van der Waals surface area contributed by atoms with E-state index in [0.717, 1.165) is 30.0 Å². The number of pyridine rings is 1. The van der Waals surface area contributed by atoms with E-state index in [1.807, 2.05) is 0 Å². The standard InChI is InChI=1S/C17H21BNO/c1-5-12-10-11-16(19-17(12)20-4)14-8-7-9-15(18-3)13(14)6-2/h7-11H,5-6H2,1-4H3. The van der Waals surface area contributed by atoms with E-state index in [1.165, 1.54) is 16.6 Å². The minimum Gasteiger partial charge on any atom is -0.481 e. The molecule has 2 rings (SSSR count). The summed E-state index contributed by atoms with van der Waals surface area (Å²) in [4.78, 5) is 4.68. The zero-order valence-electron chi connectivity index (χ0n) is 12.7. The van der Waals surface area contributed by atoms with Gasteiger partial charge in [-0.05, 0) is 24.5 Å². The summed E-state index contributed by atoms with van der Waals surface area (Å²) < 4.78 is 5.41. The van der Waals surface area contributed by atoms with Gasteiger partial charge in [-0.15, -0.1) is 0 Å². The smallest absolute Gasteiger partial charge is 0.216 e. The minimum absolute atomic E-state index is 0.734. The SMILES string of the molecule is C[B]c1cccc(-c2ccc(CC)c(OC)n2)c1CC. The molecule has 1 radical (unpaired) electrons. The van der Waals surface area contributed by atoms with Gasteiger partial charge >= 0.3 is 0 Å². The molecule has 0 aliphatic rings. The molecular weight excluding hydrogens is 245 g/mol. The van der Waals surface area contributed by atoms with Gasteiger partial charge in [0.15, 0.2) is 0 Å². The van der Waals surface area contributed by atoms with Crippen molar-refractivity contribution in [3.63, 3.8) is 0 Å². The first-order valence-corrected chi connectivity index (χ1v) is 7.20. The topological polar surface area (TPSA) is 22.1 Å². The van der Waals surface area contributed by atoms with Crippen molar-refractivity contribution in [2.75, 3.05) is 7.11 Å². The van der Waals surface area contributed by atoms with E-state index >= 15 is 0 Å². The molecule has 0 atom stereocenters. The third-order valence-corrected chi connectivity index (χ3v) is 3.67. The van der Waals surface area contributed by atoms with Crippen molar-refractivity contribution in [3.8, 4) is 17.1 Å². The highest BCUT2D eigenvalue weighted by Gasteiger charge is 2.11. The highest BCUT2D eigenvalue weighted by Crippen LogP contribution is 2.25. The van der Waals surface area contributed by atoms with Crippen molar-refractivity contribution in [3.05, 3.63) is 41.5 Å². The second kappa shape index (κ2) is 6.60. The van der Waals surface area contributed by atoms with Crippen LogP contribution in [0, 0.1) is 0 Å². The van der Waals surface area contributed by atoms with E-state index in [9.17, 15) is 0 Å². The van der Waals surface area contributed by atoms with E-state index in [4.69, 9.17) is 4.74 Å². The molecule has 103 valence electrons. The van der Waals surface area contributed by atoms with E-state index in [2.05, 4.69) is 63.3 Å². The quantitative estimate of drug-likeness (QED) is 0.775. The summed E-state index contributed by atoms with van der Waals surface area (Å²) in [5.41, 5.74) is 5.95. The minimum atomic E-state index is 0.734. The van der Waals surface area contributed by atoms with Crippen LogP contribution in [0.4, 0.5) is 0 Å². The summed E-state index contributed by atoms with van der Waals surface area (Å²) in [5, 5.41) is 0. The molecule has 0 aliphatic carbocycles. The van der Waals surface area contributed by atoms with Crippen molar-refractivity contribution < 1.29 is 4.74 Å². The molecule has 1 heterocycles. The van der Waals surface area contributed by atoms with Gasteiger partial charge in [-0.2, -0.15) is 0 Å². The number of methoxy groups -OCH3 is 1. The summed E-state index contributed by atoms with van der Waals surface area (Å²) in [5.74, 6) is 0.734. The lowest BCUT2D eigenvalue weighted by atomic mass is 9.69. The average molecular weight is 266 g/mol. The first kappa shape index (κ1) is 14.6. The zero-order valence-corrected chi connectivity index (χ0v) is 12.7. The van der Waals surface area contributed by atoms with Crippen LogP contribution >= 0.6 is 0 Å². The fourth-order valence-electron chi connectivity index (χ4n) is 2.57. The summed E-state index contributed by atoms with van der Waals surface area (Å²) in [6, 6.07) is 10.6. The summed E-state index contributed by atoms with van der Waals surface area (Å²) in [6.07, 6.45) is 1.93. The Morgan fingerprint density at radius 2 is 1.90 bits per heavy atom. The Hall–Kier alpha value is -1.77. The fourth-order valence-corrected chi connectivity index (χ4v) is 2.57. The number of rotatable bonds is 5. The van der Waals surface area contributed by atoms with Crippen LogP contribution in [0.5, 0.6) is 5.88 Å². The third-order valence-electron chi connectivity index (χ3n) is 3.67. The van der Waals surface area contributed by atoms with Crippen molar-refractivity contribution in [1.29, 1.82) is 0 Å². The monoisotopic (exact) mass is 266 g/mol. The van der Waals surface area contributed by atoms with Crippen LogP contribution in [-0.2, 0) is 12.8 Å². The van der Waals surface area contributed by atoms with Crippen LogP contribution in [0.2, 0.25) is 6.82 Å². The maximum Gasteiger partial charge on any atom is 0.216 e. The van der Waals surface area contributed by atoms with Crippen molar-refractivity contribution in [1.82, 2.24) is 4.98 Å². The lowest BCUT2D eigenvalue weighted by Gasteiger charge is -2.14. The van der Waals surface area contributed by atoms with E-state index in [-0.39, 0.29) is 0 Å². The molecule has 0 bridgehead atoms. The second-order valence-corrected chi connectivity index (χ2v) is 4.73. The molecule has 0 spiro atoms. The number of aromatic nitrogens is 1. The largest absolute Gasteiger partial charge is 0.481 e. The van der Waals surface area contributed by atoms with Crippen LogP contribution in [0.25, 0.3) is 11.3 Å². The summed E-state index contributed by atoms with van der Waals surface area (Å²) >= 11 is 0. The maximum absolute atomic E-state index is 5.41. The van der Waals surface area contributed by atoms with Gasteiger partial charge in [-0.3, -0.25) is 0 Å². The molecule has 2 aromatic rings. The van der Waals surface area contributed by atoms with E-state index in [1.54, 1.807) is 7.11 Å². The Morgan fingerprint density at radius 1 is 1.10 bits per heavy atom. The van der Waals surface area contributed by atoms with Gasteiger partial charge in [0.2, 0.25) is 5.88 Å². The van der Waals surface area contributed by atoms with Crippen molar-refractivity contribution in [2.24, 2.45) is 0 Å².